The highest BCUT2D eigenvalue weighted by Crippen LogP contribution is 2.37. The van der Waals surface area contributed by atoms with Crippen LogP contribution in [0, 0.1) is 0 Å². The van der Waals surface area contributed by atoms with Crippen LogP contribution in [0.5, 0.6) is 0 Å². The predicted molar refractivity (Wildman–Crippen MR) is 144 cm³/mol. The molecule has 13 heteroatoms. The van der Waals surface area contributed by atoms with Crippen molar-refractivity contribution in [3.8, 4) is 0 Å². The highest BCUT2D eigenvalue weighted by Gasteiger charge is 2.34. The number of sulfone groups is 1. The molecular formula is C28H25ClF4N2O5S. The van der Waals surface area contributed by atoms with E-state index in [0.29, 0.717) is 10.9 Å². The Morgan fingerprint density at radius 3 is 2.51 bits per heavy atom. The molecule has 2 aromatic heterocycles. The lowest BCUT2D eigenvalue weighted by Crippen LogP contribution is -2.31. The van der Waals surface area contributed by atoms with Crippen molar-refractivity contribution in [2.75, 3.05) is 19.0 Å². The quantitative estimate of drug-likeness (QED) is 0.217. The molecule has 7 nitrogen and oxygen atoms in total. The summed E-state index contributed by atoms with van der Waals surface area (Å²) >= 11 is 5.78. The maximum Gasteiger partial charge on any atom is 0.416 e. The van der Waals surface area contributed by atoms with Gasteiger partial charge in [0.05, 0.1) is 41.2 Å². The topological polar surface area (TPSA) is 110 Å². The molecule has 0 aliphatic carbocycles. The first-order valence-corrected chi connectivity index (χ1v) is 14.5. The number of hydrogen-bond donors (Lipinski definition) is 2. The number of carbonyl (C=O) groups is 1. The Morgan fingerprint density at radius 1 is 1.15 bits per heavy atom. The van der Waals surface area contributed by atoms with E-state index in [4.69, 9.17) is 16.0 Å². The molecule has 2 N–H and O–H groups in total. The van der Waals surface area contributed by atoms with Crippen molar-refractivity contribution in [2.45, 2.75) is 36.9 Å². The van der Waals surface area contributed by atoms with Crippen LogP contribution in [0.2, 0.25) is 5.02 Å². The Kier molecular flexibility index (Phi) is 9.05. The largest absolute Gasteiger partial charge is 0.460 e. The summed E-state index contributed by atoms with van der Waals surface area (Å²) in [6.45, 7) is 0.186. The van der Waals surface area contributed by atoms with Gasteiger partial charge in [0, 0.05) is 40.6 Å². The third-order valence-electron chi connectivity index (χ3n) is 6.55. The highest BCUT2D eigenvalue weighted by atomic mass is 35.5. The zero-order valence-electron chi connectivity index (χ0n) is 21.6. The first-order chi connectivity index (χ1) is 19.4. The number of halogens is 5. The van der Waals surface area contributed by atoms with Gasteiger partial charge in [0.25, 0.3) is 5.91 Å². The van der Waals surface area contributed by atoms with Crippen LogP contribution in [0.1, 0.15) is 51.5 Å². The number of amides is 1. The Bertz CT molecular complexity index is 1670. The van der Waals surface area contributed by atoms with Crippen molar-refractivity contribution in [3.63, 3.8) is 0 Å². The fraction of sp³-hybridized carbons (Fsp3) is 0.286. The fourth-order valence-corrected chi connectivity index (χ4v) is 5.39. The van der Waals surface area contributed by atoms with Gasteiger partial charge in [-0.3, -0.25) is 14.2 Å². The average molecular weight is 613 g/mol. The number of nitrogens with one attached hydrogen (secondary N) is 1. The molecular weight excluding hydrogens is 588 g/mol. The Balaban J connectivity index is 1.62. The molecule has 0 aliphatic rings. The number of benzene rings is 2. The third-order valence-corrected chi connectivity index (χ3v) is 8.51. The minimum absolute atomic E-state index is 0.0101. The molecule has 0 fully saturated rings. The first-order valence-electron chi connectivity index (χ1n) is 12.4. The normalized spacial score (nSPS) is 13.0. The summed E-state index contributed by atoms with van der Waals surface area (Å²) < 4.78 is 84.2. The SMILES string of the molecule is CCS(=O)(=O)c1ccc([C@H](CO)NC(=O)c2ccc3c(CCF)c(Cc4ccc(Cl)cc4C(F)(F)F)oc3c2)nc1. The second-order valence-electron chi connectivity index (χ2n) is 9.16. The maximum atomic E-state index is 13.6. The zero-order valence-corrected chi connectivity index (χ0v) is 23.2. The number of alkyl halides is 4. The van der Waals surface area contributed by atoms with E-state index in [1.807, 2.05) is 0 Å². The van der Waals surface area contributed by atoms with Crippen LogP contribution >= 0.6 is 11.6 Å². The number of hydrogen-bond acceptors (Lipinski definition) is 6. The van der Waals surface area contributed by atoms with Gasteiger partial charge in [-0.05, 0) is 42.0 Å². The number of carbonyl (C=O) groups excluding carboxylic acids is 1. The van der Waals surface area contributed by atoms with E-state index in [1.165, 1.54) is 49.4 Å². The second-order valence-corrected chi connectivity index (χ2v) is 11.9. The summed E-state index contributed by atoms with van der Waals surface area (Å²) in [5, 5.41) is 12.8. The van der Waals surface area contributed by atoms with Crippen molar-refractivity contribution >= 4 is 38.3 Å². The van der Waals surface area contributed by atoms with Crippen LogP contribution < -0.4 is 5.32 Å². The van der Waals surface area contributed by atoms with E-state index in [-0.39, 0.29) is 56.7 Å². The molecule has 2 heterocycles. The lowest BCUT2D eigenvalue weighted by Gasteiger charge is -2.16. The van der Waals surface area contributed by atoms with Gasteiger partial charge < -0.3 is 14.8 Å². The van der Waals surface area contributed by atoms with Gasteiger partial charge in [-0.15, -0.1) is 0 Å². The van der Waals surface area contributed by atoms with Crippen molar-refractivity contribution in [3.05, 3.63) is 93.5 Å². The molecule has 1 amide bonds. The van der Waals surface area contributed by atoms with E-state index in [9.17, 15) is 35.9 Å². The molecule has 41 heavy (non-hydrogen) atoms. The minimum Gasteiger partial charge on any atom is -0.460 e. The number of aliphatic hydroxyl groups excluding tert-OH is 1. The maximum absolute atomic E-state index is 13.6. The van der Waals surface area contributed by atoms with E-state index in [0.717, 1.165) is 12.3 Å². The standard InChI is InChI=1S/C28H25ClF4N2O5S/c1-2-41(38,39)19-6-8-23(34-14-19)24(15-36)35-27(37)17-4-7-20-21(9-10-30)25(40-26(20)12-17)11-16-3-5-18(29)13-22(16)28(31,32)33/h3-8,12-14,24,36H,2,9-11,15H2,1H3,(H,35,37)/t24-/m0/s1. The van der Waals surface area contributed by atoms with Gasteiger partial charge in [-0.1, -0.05) is 30.7 Å². The number of rotatable bonds is 10. The molecule has 4 rings (SSSR count). The monoisotopic (exact) mass is 612 g/mol. The molecule has 0 aliphatic heterocycles. The van der Waals surface area contributed by atoms with Crippen LogP contribution in [-0.2, 0) is 28.9 Å². The molecule has 0 saturated heterocycles. The van der Waals surface area contributed by atoms with Crippen LogP contribution in [0.25, 0.3) is 11.0 Å². The van der Waals surface area contributed by atoms with Crippen molar-refractivity contribution < 1.29 is 40.3 Å². The summed E-state index contributed by atoms with van der Waals surface area (Å²) in [5.74, 6) is -0.607. The van der Waals surface area contributed by atoms with Gasteiger partial charge in [-0.2, -0.15) is 13.2 Å². The number of furan rings is 1. The summed E-state index contributed by atoms with van der Waals surface area (Å²) in [6.07, 6.45) is -3.90. The minimum atomic E-state index is -4.67. The fourth-order valence-electron chi connectivity index (χ4n) is 4.40. The molecule has 0 saturated carbocycles. The molecule has 218 valence electrons. The molecule has 0 bridgehead atoms. The molecule has 0 radical (unpaired) electrons. The van der Waals surface area contributed by atoms with Crippen LogP contribution in [0.3, 0.4) is 0 Å². The van der Waals surface area contributed by atoms with Crippen molar-refractivity contribution in [1.29, 1.82) is 0 Å². The predicted octanol–water partition coefficient (Wildman–Crippen LogP) is 5.86. The van der Waals surface area contributed by atoms with E-state index < -0.39 is 46.8 Å². The number of aromatic nitrogens is 1. The number of fused-ring (bicyclic) bond motifs is 1. The molecule has 2 aromatic carbocycles. The second kappa shape index (κ2) is 12.2. The number of aryl methyl sites for hydroxylation is 1. The smallest absolute Gasteiger partial charge is 0.416 e. The summed E-state index contributed by atoms with van der Waals surface area (Å²) in [7, 11) is -3.48. The zero-order chi connectivity index (χ0) is 29.9. The van der Waals surface area contributed by atoms with Crippen LogP contribution in [0.15, 0.2) is 64.0 Å². The Morgan fingerprint density at radius 2 is 1.90 bits per heavy atom. The van der Waals surface area contributed by atoms with Crippen molar-refractivity contribution in [2.24, 2.45) is 0 Å². The molecule has 1 atom stereocenters. The van der Waals surface area contributed by atoms with Crippen molar-refractivity contribution in [1.82, 2.24) is 10.3 Å². The van der Waals surface area contributed by atoms with Gasteiger partial charge >= 0.3 is 6.18 Å². The number of pyridine rings is 1. The lowest BCUT2D eigenvalue weighted by atomic mass is 9.99. The molecule has 0 unspecified atom stereocenters. The van der Waals surface area contributed by atoms with Gasteiger partial charge in [-0.25, -0.2) is 8.42 Å². The van der Waals surface area contributed by atoms with Gasteiger partial charge in [0.15, 0.2) is 9.84 Å². The Labute approximate surface area is 238 Å². The number of nitrogens with zero attached hydrogens (tertiary/aromatic N) is 1. The van der Waals surface area contributed by atoms with E-state index >= 15 is 0 Å². The highest BCUT2D eigenvalue weighted by molar-refractivity contribution is 7.91. The van der Waals surface area contributed by atoms with Crippen LogP contribution in [-0.4, -0.2) is 43.4 Å². The van der Waals surface area contributed by atoms with E-state index in [1.54, 1.807) is 0 Å². The molecule has 0 spiro atoms. The van der Waals surface area contributed by atoms with Gasteiger partial charge in [0.1, 0.15) is 11.3 Å². The average Bonchev–Trinajstić information content (AvgIpc) is 3.28. The van der Waals surface area contributed by atoms with E-state index in [2.05, 4.69) is 10.3 Å². The number of aliphatic hydroxyl groups is 1. The van der Waals surface area contributed by atoms with Crippen LogP contribution in [0.4, 0.5) is 17.6 Å². The lowest BCUT2D eigenvalue weighted by molar-refractivity contribution is -0.138. The summed E-state index contributed by atoms with van der Waals surface area (Å²) in [6, 6.07) is 9.49. The Hall–Kier alpha value is -3.48. The third kappa shape index (κ3) is 6.71. The van der Waals surface area contributed by atoms with Gasteiger partial charge in [0.2, 0.25) is 0 Å². The molecule has 4 aromatic rings. The summed E-state index contributed by atoms with van der Waals surface area (Å²) in [4.78, 5) is 17.1. The summed E-state index contributed by atoms with van der Waals surface area (Å²) in [5.41, 5.74) is -0.138. The first kappa shape index (κ1) is 30.5.